The molecule has 2 aromatic rings. The van der Waals surface area contributed by atoms with Crippen molar-refractivity contribution in [3.63, 3.8) is 0 Å². The van der Waals surface area contributed by atoms with E-state index in [2.05, 4.69) is 10.2 Å². The van der Waals surface area contributed by atoms with Gasteiger partial charge >= 0.3 is 12.2 Å². The molecule has 1 aliphatic heterocycles. The van der Waals surface area contributed by atoms with Gasteiger partial charge in [0.2, 0.25) is 5.89 Å². The second-order valence-corrected chi connectivity index (χ2v) is 5.25. The number of aromatic nitrogens is 2. The number of nitrogens with zero attached hydrogens (tertiary/aromatic N) is 3. The molecule has 2 atom stereocenters. The number of hydrogen-bond acceptors (Lipinski definition) is 5. The van der Waals surface area contributed by atoms with Crippen LogP contribution in [0.4, 0.5) is 19.2 Å². The first-order valence-corrected chi connectivity index (χ1v) is 6.77. The number of rotatable bonds is 2. The first-order valence-electron chi connectivity index (χ1n) is 6.77. The Morgan fingerprint density at radius 1 is 1.27 bits per heavy atom. The van der Waals surface area contributed by atoms with Gasteiger partial charge in [0.15, 0.2) is 0 Å². The van der Waals surface area contributed by atoms with Crippen LogP contribution in [-0.4, -0.2) is 28.0 Å². The van der Waals surface area contributed by atoms with E-state index in [1.165, 1.54) is 17.0 Å². The lowest BCUT2D eigenvalue weighted by Crippen LogP contribution is -2.26. The van der Waals surface area contributed by atoms with Gasteiger partial charge in [0.05, 0.1) is 17.7 Å². The molecule has 1 N–H and O–H groups in total. The number of halogens is 3. The summed E-state index contributed by atoms with van der Waals surface area (Å²) >= 11 is 0. The first-order chi connectivity index (χ1) is 10.4. The maximum Gasteiger partial charge on any atom is 0.416 e. The van der Waals surface area contributed by atoms with E-state index < -0.39 is 23.9 Å². The minimum Gasteiger partial charge on any atom is -0.408 e. The highest BCUT2D eigenvalue weighted by molar-refractivity contribution is 5.41. The van der Waals surface area contributed by atoms with Gasteiger partial charge in [0, 0.05) is 13.5 Å². The van der Waals surface area contributed by atoms with E-state index in [-0.39, 0.29) is 24.5 Å². The van der Waals surface area contributed by atoms with Gasteiger partial charge in [-0.3, -0.25) is 0 Å². The molecule has 1 saturated heterocycles. The molecule has 1 aromatic heterocycles. The van der Waals surface area contributed by atoms with E-state index in [1.807, 2.05) is 0 Å². The number of alkyl halides is 3. The van der Waals surface area contributed by atoms with E-state index in [1.54, 1.807) is 13.0 Å². The lowest BCUT2D eigenvalue weighted by atomic mass is 9.98. The molecule has 1 fully saturated rings. The Bertz CT molecular complexity index is 671. The highest BCUT2D eigenvalue weighted by Gasteiger charge is 2.41. The summed E-state index contributed by atoms with van der Waals surface area (Å²) in [6.45, 7) is 1.75. The lowest BCUT2D eigenvalue weighted by molar-refractivity contribution is -0.138. The van der Waals surface area contributed by atoms with Crippen molar-refractivity contribution in [1.29, 1.82) is 0 Å². The summed E-state index contributed by atoms with van der Waals surface area (Å²) in [5, 5.41) is 17.4. The summed E-state index contributed by atoms with van der Waals surface area (Å²) in [5.74, 6) is 0.319. The summed E-state index contributed by atoms with van der Waals surface area (Å²) in [5.41, 5.74) is -0.613. The Hall–Kier alpha value is -2.09. The number of anilines is 1. The summed E-state index contributed by atoms with van der Waals surface area (Å²) < 4.78 is 44.9. The van der Waals surface area contributed by atoms with Crippen molar-refractivity contribution in [2.45, 2.75) is 31.7 Å². The lowest BCUT2D eigenvalue weighted by Gasteiger charge is -2.25. The molecule has 2 unspecified atom stereocenters. The predicted molar refractivity (Wildman–Crippen MR) is 71.2 cm³/mol. The quantitative estimate of drug-likeness (QED) is 0.923. The average Bonchev–Trinajstić information content (AvgIpc) is 3.04. The van der Waals surface area contributed by atoms with E-state index in [0.717, 1.165) is 6.07 Å². The van der Waals surface area contributed by atoms with Crippen LogP contribution in [0, 0.1) is 6.92 Å². The SMILES string of the molecule is Cc1nnc(N2CC(O)CC2c2ccccc2C(F)(F)F)o1. The minimum absolute atomic E-state index is 0.0994. The third-order valence-corrected chi connectivity index (χ3v) is 3.67. The van der Waals surface area contributed by atoms with Gasteiger partial charge in [0.25, 0.3) is 0 Å². The summed E-state index contributed by atoms with van der Waals surface area (Å²) in [6.07, 6.45) is -5.03. The van der Waals surface area contributed by atoms with Crippen LogP contribution in [0.1, 0.15) is 29.5 Å². The van der Waals surface area contributed by atoms with Gasteiger partial charge in [-0.15, -0.1) is 5.10 Å². The maximum absolute atomic E-state index is 13.2. The van der Waals surface area contributed by atoms with Gasteiger partial charge in [-0.05, 0) is 18.1 Å². The Morgan fingerprint density at radius 2 is 2.00 bits per heavy atom. The fraction of sp³-hybridized carbons (Fsp3) is 0.429. The van der Waals surface area contributed by atoms with Crippen LogP contribution >= 0.6 is 0 Å². The van der Waals surface area contributed by atoms with Crippen LogP contribution in [0.3, 0.4) is 0 Å². The second-order valence-electron chi connectivity index (χ2n) is 5.25. The van der Waals surface area contributed by atoms with E-state index >= 15 is 0 Å². The molecule has 1 aliphatic rings. The fourth-order valence-electron chi connectivity index (χ4n) is 2.77. The Kier molecular flexibility index (Phi) is 3.56. The zero-order chi connectivity index (χ0) is 15.9. The Balaban J connectivity index is 2.03. The van der Waals surface area contributed by atoms with E-state index in [4.69, 9.17) is 4.42 Å². The van der Waals surface area contributed by atoms with E-state index in [9.17, 15) is 18.3 Å². The second kappa shape index (κ2) is 5.28. The summed E-state index contributed by atoms with van der Waals surface area (Å²) in [4.78, 5) is 1.52. The molecule has 3 rings (SSSR count). The monoisotopic (exact) mass is 313 g/mol. The van der Waals surface area contributed by atoms with Crippen LogP contribution in [0.15, 0.2) is 28.7 Å². The third kappa shape index (κ3) is 2.66. The molecule has 1 aromatic carbocycles. The fourth-order valence-corrected chi connectivity index (χ4v) is 2.77. The van der Waals surface area contributed by atoms with Crippen molar-refractivity contribution in [3.8, 4) is 0 Å². The molecule has 8 heteroatoms. The molecule has 0 bridgehead atoms. The third-order valence-electron chi connectivity index (χ3n) is 3.67. The molecular weight excluding hydrogens is 299 g/mol. The van der Waals surface area contributed by atoms with Gasteiger partial charge in [-0.1, -0.05) is 23.3 Å². The zero-order valence-electron chi connectivity index (χ0n) is 11.7. The van der Waals surface area contributed by atoms with Crippen molar-refractivity contribution in [1.82, 2.24) is 10.2 Å². The van der Waals surface area contributed by atoms with Crippen molar-refractivity contribution in [2.24, 2.45) is 0 Å². The Labute approximate surface area is 124 Å². The largest absolute Gasteiger partial charge is 0.416 e. The van der Waals surface area contributed by atoms with Gasteiger partial charge < -0.3 is 14.4 Å². The average molecular weight is 313 g/mol. The first kappa shape index (κ1) is 14.8. The minimum atomic E-state index is -4.46. The van der Waals surface area contributed by atoms with Crippen molar-refractivity contribution in [2.75, 3.05) is 11.4 Å². The normalized spacial score (nSPS) is 22.3. The highest BCUT2D eigenvalue weighted by atomic mass is 19.4. The molecule has 5 nitrogen and oxygen atoms in total. The van der Waals surface area contributed by atoms with Crippen molar-refractivity contribution in [3.05, 3.63) is 41.3 Å². The molecule has 118 valence electrons. The van der Waals surface area contributed by atoms with Crippen LogP contribution in [0.25, 0.3) is 0 Å². The topological polar surface area (TPSA) is 62.4 Å². The van der Waals surface area contributed by atoms with Gasteiger partial charge in [0.1, 0.15) is 0 Å². The predicted octanol–water partition coefficient (Wildman–Crippen LogP) is 2.71. The van der Waals surface area contributed by atoms with Crippen molar-refractivity contribution < 1.29 is 22.7 Å². The van der Waals surface area contributed by atoms with Crippen LogP contribution in [-0.2, 0) is 6.18 Å². The number of aliphatic hydroxyl groups excluding tert-OH is 1. The van der Waals surface area contributed by atoms with E-state index in [0.29, 0.717) is 5.89 Å². The molecule has 0 amide bonds. The highest BCUT2D eigenvalue weighted by Crippen LogP contribution is 2.41. The Morgan fingerprint density at radius 3 is 2.64 bits per heavy atom. The molecule has 22 heavy (non-hydrogen) atoms. The van der Waals surface area contributed by atoms with Crippen LogP contribution in [0.5, 0.6) is 0 Å². The number of aliphatic hydroxyl groups is 1. The summed E-state index contributed by atoms with van der Waals surface area (Å²) in [6, 6.07) is 4.81. The van der Waals surface area contributed by atoms with Crippen LogP contribution < -0.4 is 4.90 Å². The smallest absolute Gasteiger partial charge is 0.408 e. The number of benzene rings is 1. The standard InChI is InChI=1S/C14H14F3N3O2/c1-8-18-19-13(22-8)20-7-9(21)6-12(20)10-4-2-3-5-11(10)14(15,16)17/h2-5,9,12,21H,6-7H2,1H3. The molecule has 0 aliphatic carbocycles. The van der Waals surface area contributed by atoms with Gasteiger partial charge in [-0.25, -0.2) is 0 Å². The van der Waals surface area contributed by atoms with Crippen LogP contribution in [0.2, 0.25) is 0 Å². The number of aryl methyl sites for hydroxylation is 1. The maximum atomic E-state index is 13.2. The molecule has 0 radical (unpaired) electrons. The summed E-state index contributed by atoms with van der Waals surface area (Å²) in [7, 11) is 0. The zero-order valence-corrected chi connectivity index (χ0v) is 11.7. The molecular formula is C14H14F3N3O2. The molecule has 0 spiro atoms. The molecule has 0 saturated carbocycles. The van der Waals surface area contributed by atoms with Gasteiger partial charge in [-0.2, -0.15) is 13.2 Å². The van der Waals surface area contributed by atoms with Crippen molar-refractivity contribution >= 4 is 6.01 Å². The number of β-amino-alcohol motifs (C(OH)–C–C–N with tert-alkyl or cyclic N) is 1. The number of hydrogen-bond donors (Lipinski definition) is 1. The molecule has 2 heterocycles.